The van der Waals surface area contributed by atoms with E-state index in [1.807, 2.05) is 13.8 Å². The fraction of sp³-hybridized carbons (Fsp3) is 0.833. The van der Waals surface area contributed by atoms with Gasteiger partial charge in [-0.15, -0.1) is 0 Å². The molecular formula is C6H14N2O. The Morgan fingerprint density at radius 1 is 1.56 bits per heavy atom. The molecule has 0 radical (unpaired) electrons. The van der Waals surface area contributed by atoms with Gasteiger partial charge in [-0.3, -0.25) is 4.84 Å². The van der Waals surface area contributed by atoms with Gasteiger partial charge in [0.15, 0.2) is 0 Å². The Morgan fingerprint density at radius 3 is 2.00 bits per heavy atom. The molecule has 0 saturated heterocycles. The van der Waals surface area contributed by atoms with Crippen molar-refractivity contribution in [2.75, 3.05) is 0 Å². The molecule has 0 aromatic heterocycles. The fourth-order valence-corrected chi connectivity index (χ4v) is 0.655. The summed E-state index contributed by atoms with van der Waals surface area (Å²) < 4.78 is 0. The molecule has 9 heavy (non-hydrogen) atoms. The SMILES string of the molecule is CCC(C=N)(CC)ON. The first-order valence-electron chi connectivity index (χ1n) is 3.14. The second kappa shape index (κ2) is 3.58. The third-order valence-electron chi connectivity index (χ3n) is 1.69. The lowest BCUT2D eigenvalue weighted by Crippen LogP contribution is -2.35. The van der Waals surface area contributed by atoms with E-state index < -0.39 is 5.60 Å². The van der Waals surface area contributed by atoms with E-state index >= 15 is 0 Å². The van der Waals surface area contributed by atoms with E-state index in [4.69, 9.17) is 11.3 Å². The Bertz CT molecular complexity index is 80.8. The monoisotopic (exact) mass is 130 g/mol. The topological polar surface area (TPSA) is 59.1 Å². The van der Waals surface area contributed by atoms with E-state index in [9.17, 15) is 0 Å². The van der Waals surface area contributed by atoms with Gasteiger partial charge in [0.1, 0.15) is 5.60 Å². The maximum atomic E-state index is 6.98. The maximum Gasteiger partial charge on any atom is 0.123 e. The van der Waals surface area contributed by atoms with Crippen molar-refractivity contribution >= 4 is 6.21 Å². The first kappa shape index (κ1) is 8.59. The number of nitrogens with one attached hydrogen (secondary N) is 1. The van der Waals surface area contributed by atoms with Gasteiger partial charge in [0.2, 0.25) is 0 Å². The molecule has 0 aliphatic rings. The van der Waals surface area contributed by atoms with Gasteiger partial charge in [-0.2, -0.15) is 0 Å². The fourth-order valence-electron chi connectivity index (χ4n) is 0.655. The van der Waals surface area contributed by atoms with Crippen molar-refractivity contribution < 1.29 is 4.84 Å². The average molecular weight is 130 g/mol. The molecule has 0 heterocycles. The van der Waals surface area contributed by atoms with Gasteiger partial charge < -0.3 is 5.41 Å². The van der Waals surface area contributed by atoms with Gasteiger partial charge in [-0.05, 0) is 12.8 Å². The minimum Gasteiger partial charge on any atom is -0.310 e. The number of nitrogens with two attached hydrogens (primary N) is 1. The summed E-state index contributed by atoms with van der Waals surface area (Å²) in [5.74, 6) is 4.99. The average Bonchev–Trinajstić information content (AvgIpc) is 1.95. The predicted molar refractivity (Wildman–Crippen MR) is 37.4 cm³/mol. The number of hydrogen-bond donors (Lipinski definition) is 2. The largest absolute Gasteiger partial charge is 0.310 e. The van der Waals surface area contributed by atoms with Gasteiger partial charge in [0.25, 0.3) is 0 Å². The van der Waals surface area contributed by atoms with Crippen LogP contribution in [-0.4, -0.2) is 11.8 Å². The molecule has 0 aliphatic carbocycles. The van der Waals surface area contributed by atoms with Crippen molar-refractivity contribution in [3.63, 3.8) is 0 Å². The summed E-state index contributed by atoms with van der Waals surface area (Å²) in [6.07, 6.45) is 2.76. The lowest BCUT2D eigenvalue weighted by atomic mass is 10.00. The van der Waals surface area contributed by atoms with Crippen LogP contribution in [0.25, 0.3) is 0 Å². The van der Waals surface area contributed by atoms with Crippen LogP contribution >= 0.6 is 0 Å². The van der Waals surface area contributed by atoms with Gasteiger partial charge >= 0.3 is 0 Å². The minimum atomic E-state index is -0.514. The predicted octanol–water partition coefficient (Wildman–Crippen LogP) is 1.09. The second-order valence-corrected chi connectivity index (χ2v) is 2.03. The minimum absolute atomic E-state index is 0.514. The van der Waals surface area contributed by atoms with Crippen LogP contribution in [0.15, 0.2) is 0 Å². The number of hydrogen-bond acceptors (Lipinski definition) is 3. The Hall–Kier alpha value is -0.410. The molecule has 0 atom stereocenters. The molecule has 3 nitrogen and oxygen atoms in total. The Balaban J connectivity index is 3.98. The van der Waals surface area contributed by atoms with Crippen LogP contribution in [0, 0.1) is 5.41 Å². The molecule has 0 saturated carbocycles. The first-order valence-corrected chi connectivity index (χ1v) is 3.14. The van der Waals surface area contributed by atoms with Crippen molar-refractivity contribution in [3.05, 3.63) is 0 Å². The highest BCUT2D eigenvalue weighted by molar-refractivity contribution is 5.64. The Labute approximate surface area is 55.7 Å². The summed E-state index contributed by atoms with van der Waals surface area (Å²) in [5, 5.41) is 6.98. The summed E-state index contributed by atoms with van der Waals surface area (Å²) in [6, 6.07) is 0. The van der Waals surface area contributed by atoms with Crippen LogP contribution in [0.3, 0.4) is 0 Å². The zero-order valence-corrected chi connectivity index (χ0v) is 5.98. The van der Waals surface area contributed by atoms with Crippen LogP contribution < -0.4 is 5.90 Å². The molecule has 0 aromatic rings. The maximum absolute atomic E-state index is 6.98. The van der Waals surface area contributed by atoms with Crippen molar-refractivity contribution in [1.82, 2.24) is 0 Å². The summed E-state index contributed by atoms with van der Waals surface area (Å²) in [7, 11) is 0. The Morgan fingerprint density at radius 2 is 2.00 bits per heavy atom. The quantitative estimate of drug-likeness (QED) is 0.442. The lowest BCUT2D eigenvalue weighted by Gasteiger charge is -2.22. The molecule has 0 bridgehead atoms. The van der Waals surface area contributed by atoms with Crippen molar-refractivity contribution in [3.8, 4) is 0 Å². The summed E-state index contributed by atoms with van der Waals surface area (Å²) in [4.78, 5) is 4.64. The highest BCUT2D eigenvalue weighted by atomic mass is 16.6. The summed E-state index contributed by atoms with van der Waals surface area (Å²) >= 11 is 0. The third kappa shape index (κ3) is 1.77. The number of rotatable bonds is 4. The molecule has 0 fully saturated rings. The van der Waals surface area contributed by atoms with Crippen molar-refractivity contribution in [2.24, 2.45) is 5.90 Å². The normalized spacial score (nSPS) is 11.4. The van der Waals surface area contributed by atoms with E-state index in [-0.39, 0.29) is 0 Å². The highest BCUT2D eigenvalue weighted by Gasteiger charge is 2.22. The zero-order chi connectivity index (χ0) is 7.33. The van der Waals surface area contributed by atoms with Crippen LogP contribution in [-0.2, 0) is 4.84 Å². The van der Waals surface area contributed by atoms with Crippen molar-refractivity contribution in [2.45, 2.75) is 32.3 Å². The van der Waals surface area contributed by atoms with E-state index in [0.717, 1.165) is 12.8 Å². The molecule has 0 unspecified atom stereocenters. The van der Waals surface area contributed by atoms with Gasteiger partial charge in [-0.1, -0.05) is 13.8 Å². The van der Waals surface area contributed by atoms with E-state index in [2.05, 4.69) is 4.84 Å². The molecule has 0 aliphatic heterocycles. The Kier molecular flexibility index (Phi) is 3.42. The summed E-state index contributed by atoms with van der Waals surface area (Å²) in [6.45, 7) is 3.89. The molecule has 0 spiro atoms. The molecule has 3 heteroatoms. The first-order chi connectivity index (χ1) is 4.24. The van der Waals surface area contributed by atoms with Crippen LogP contribution in [0.4, 0.5) is 0 Å². The standard InChI is InChI=1S/C6H14N2O/c1-3-6(4-2,5-7)9-8/h5,7H,3-4,8H2,1-2H3. The molecule has 0 amide bonds. The molecule has 0 aromatic carbocycles. The smallest absolute Gasteiger partial charge is 0.123 e. The zero-order valence-electron chi connectivity index (χ0n) is 5.98. The van der Waals surface area contributed by atoms with Crippen molar-refractivity contribution in [1.29, 1.82) is 5.41 Å². The molecule has 54 valence electrons. The molecule has 0 rings (SSSR count). The van der Waals surface area contributed by atoms with E-state index in [0.29, 0.717) is 0 Å². The summed E-state index contributed by atoms with van der Waals surface area (Å²) in [5.41, 5.74) is -0.514. The van der Waals surface area contributed by atoms with Crippen LogP contribution in [0.2, 0.25) is 0 Å². The van der Waals surface area contributed by atoms with E-state index in [1.54, 1.807) is 0 Å². The van der Waals surface area contributed by atoms with Crippen LogP contribution in [0.1, 0.15) is 26.7 Å². The lowest BCUT2D eigenvalue weighted by molar-refractivity contribution is 0.00376. The molecule has 3 N–H and O–H groups in total. The molecular weight excluding hydrogens is 116 g/mol. The third-order valence-corrected chi connectivity index (χ3v) is 1.69. The van der Waals surface area contributed by atoms with Gasteiger partial charge in [0.05, 0.1) is 0 Å². The van der Waals surface area contributed by atoms with Gasteiger partial charge in [0, 0.05) is 6.21 Å². The van der Waals surface area contributed by atoms with Gasteiger partial charge in [-0.25, -0.2) is 5.90 Å². The second-order valence-electron chi connectivity index (χ2n) is 2.03. The van der Waals surface area contributed by atoms with E-state index in [1.165, 1.54) is 6.21 Å². The van der Waals surface area contributed by atoms with Crippen LogP contribution in [0.5, 0.6) is 0 Å². The highest BCUT2D eigenvalue weighted by Crippen LogP contribution is 2.14.